The van der Waals surface area contributed by atoms with E-state index >= 15 is 0 Å². The van der Waals surface area contributed by atoms with Gasteiger partial charge in [-0.1, -0.05) is 0 Å². The third-order valence-electron chi connectivity index (χ3n) is 2.79. The fourth-order valence-electron chi connectivity index (χ4n) is 1.74. The molecular weight excluding hydrogens is 280 g/mol. The Morgan fingerprint density at radius 3 is 2.60 bits per heavy atom. The first kappa shape index (κ1) is 16.9. The summed E-state index contributed by atoms with van der Waals surface area (Å²) in [5, 5.41) is 9.06. The minimum absolute atomic E-state index is 0.118. The molecule has 0 radical (unpaired) electrons. The van der Waals surface area contributed by atoms with Crippen LogP contribution in [0.25, 0.3) is 0 Å². The molecule has 0 fully saturated rings. The van der Waals surface area contributed by atoms with Gasteiger partial charge < -0.3 is 14.7 Å². The number of ether oxygens (including phenoxy) is 1. The van der Waals surface area contributed by atoms with E-state index in [9.17, 15) is 8.42 Å². The van der Waals surface area contributed by atoms with E-state index in [1.54, 1.807) is 12.1 Å². The number of likely N-dealkylation sites (N-methyl/N-ethyl adjacent to an activating group) is 1. The van der Waals surface area contributed by atoms with Crippen LogP contribution >= 0.6 is 0 Å². The summed E-state index contributed by atoms with van der Waals surface area (Å²) in [6, 6.07) is 4.74. The molecule has 0 spiro atoms. The fourth-order valence-corrected chi connectivity index (χ4v) is 3.01. The van der Waals surface area contributed by atoms with Crippen LogP contribution in [0.15, 0.2) is 23.1 Å². The van der Waals surface area contributed by atoms with Crippen molar-refractivity contribution in [2.24, 2.45) is 0 Å². The zero-order chi connectivity index (χ0) is 15.2. The van der Waals surface area contributed by atoms with Gasteiger partial charge in [0.05, 0.1) is 12.0 Å². The molecule has 0 aliphatic rings. The number of rotatable bonds is 8. The summed E-state index contributed by atoms with van der Waals surface area (Å²) in [6.45, 7) is 0.831. The number of methoxy groups -OCH3 is 1. The topological polar surface area (TPSA) is 78.9 Å². The predicted octanol–water partition coefficient (Wildman–Crippen LogP) is 0.0699. The van der Waals surface area contributed by atoms with Crippen LogP contribution in [0.2, 0.25) is 0 Å². The molecule has 2 N–H and O–H groups in total. The molecule has 1 aromatic rings. The average molecular weight is 302 g/mol. The maximum atomic E-state index is 12.3. The van der Waals surface area contributed by atoms with Gasteiger partial charge in [0.1, 0.15) is 5.75 Å². The number of nitrogens with one attached hydrogen (secondary N) is 1. The molecule has 0 aliphatic carbocycles. The predicted molar refractivity (Wildman–Crippen MR) is 77.5 cm³/mol. The average Bonchev–Trinajstić information content (AvgIpc) is 2.38. The normalized spacial score (nSPS) is 11.8. The summed E-state index contributed by atoms with van der Waals surface area (Å²) in [5.74, 6) is 0.570. The van der Waals surface area contributed by atoms with Crippen LogP contribution < -0.4 is 9.46 Å². The van der Waals surface area contributed by atoms with E-state index in [0.29, 0.717) is 24.4 Å². The number of hydrogen-bond acceptors (Lipinski definition) is 5. The maximum Gasteiger partial charge on any atom is 0.240 e. The third-order valence-corrected chi connectivity index (χ3v) is 4.35. The molecule has 1 rings (SSSR count). The number of nitrogens with zero attached hydrogens (tertiary/aromatic N) is 1. The van der Waals surface area contributed by atoms with Crippen LogP contribution in [0.4, 0.5) is 0 Å². The lowest BCUT2D eigenvalue weighted by molar-refractivity contribution is 0.298. The van der Waals surface area contributed by atoms with Crippen LogP contribution in [0.3, 0.4) is 0 Å². The Morgan fingerprint density at radius 1 is 1.35 bits per heavy atom. The Kier molecular flexibility index (Phi) is 6.41. The highest BCUT2D eigenvalue weighted by molar-refractivity contribution is 7.89. The first-order valence-corrected chi connectivity index (χ1v) is 7.81. The van der Waals surface area contributed by atoms with E-state index in [1.807, 2.05) is 19.0 Å². The monoisotopic (exact) mass is 302 g/mol. The van der Waals surface area contributed by atoms with Crippen LogP contribution in [0.5, 0.6) is 5.75 Å². The Hall–Kier alpha value is -1.15. The smallest absolute Gasteiger partial charge is 0.240 e. The van der Waals surface area contributed by atoms with Gasteiger partial charge in [0.2, 0.25) is 10.0 Å². The van der Waals surface area contributed by atoms with Crippen molar-refractivity contribution in [1.82, 2.24) is 9.62 Å². The lowest BCUT2D eigenvalue weighted by Crippen LogP contribution is -2.32. The molecule has 0 atom stereocenters. The van der Waals surface area contributed by atoms with Gasteiger partial charge in [0.25, 0.3) is 0 Å². The van der Waals surface area contributed by atoms with E-state index in [-0.39, 0.29) is 17.9 Å². The minimum atomic E-state index is -3.58. The van der Waals surface area contributed by atoms with Gasteiger partial charge in [-0.3, -0.25) is 0 Å². The Balaban J connectivity index is 2.98. The van der Waals surface area contributed by atoms with Crippen LogP contribution in [0, 0.1) is 0 Å². The molecule has 1 aromatic carbocycles. The van der Waals surface area contributed by atoms with Crippen molar-refractivity contribution >= 4 is 10.0 Å². The Bertz CT molecular complexity index is 529. The molecule has 114 valence electrons. The molecule has 0 aromatic heterocycles. The van der Waals surface area contributed by atoms with Gasteiger partial charge in [-0.2, -0.15) is 0 Å². The standard InChI is InChI=1S/C13H22N2O4S/c1-15(2)8-7-14-20(17,18)13-5-4-12(19-3)10-11(13)6-9-16/h4-5,10,14,16H,6-9H2,1-3H3. The number of hydrogen-bond donors (Lipinski definition) is 2. The van der Waals surface area contributed by atoms with E-state index in [1.165, 1.54) is 13.2 Å². The van der Waals surface area contributed by atoms with Crippen molar-refractivity contribution in [3.05, 3.63) is 23.8 Å². The highest BCUT2D eigenvalue weighted by Gasteiger charge is 2.18. The molecule has 0 saturated carbocycles. The van der Waals surface area contributed by atoms with Crippen molar-refractivity contribution in [3.8, 4) is 5.75 Å². The van der Waals surface area contributed by atoms with Crippen LogP contribution in [-0.2, 0) is 16.4 Å². The Morgan fingerprint density at radius 2 is 2.05 bits per heavy atom. The van der Waals surface area contributed by atoms with Crippen molar-refractivity contribution in [2.45, 2.75) is 11.3 Å². The van der Waals surface area contributed by atoms with Gasteiger partial charge in [0.15, 0.2) is 0 Å². The van der Waals surface area contributed by atoms with E-state index in [0.717, 1.165) is 0 Å². The third kappa shape index (κ3) is 4.75. The fraction of sp³-hybridized carbons (Fsp3) is 0.538. The summed E-state index contributed by atoms with van der Waals surface area (Å²) in [5.41, 5.74) is 0.546. The van der Waals surface area contributed by atoms with E-state index < -0.39 is 10.0 Å². The minimum Gasteiger partial charge on any atom is -0.497 e. The summed E-state index contributed by atoms with van der Waals surface area (Å²) >= 11 is 0. The number of aliphatic hydroxyl groups is 1. The molecule has 0 aliphatic heterocycles. The maximum absolute atomic E-state index is 12.3. The first-order chi connectivity index (χ1) is 9.40. The van der Waals surface area contributed by atoms with Gasteiger partial charge in [-0.05, 0) is 44.3 Å². The quantitative estimate of drug-likeness (QED) is 0.710. The number of aliphatic hydroxyl groups excluding tert-OH is 1. The molecule has 20 heavy (non-hydrogen) atoms. The zero-order valence-electron chi connectivity index (χ0n) is 12.1. The molecule has 7 heteroatoms. The second-order valence-electron chi connectivity index (χ2n) is 4.65. The van der Waals surface area contributed by atoms with Crippen molar-refractivity contribution < 1.29 is 18.3 Å². The SMILES string of the molecule is COc1ccc(S(=O)(=O)NCCN(C)C)c(CCO)c1. The van der Waals surface area contributed by atoms with Gasteiger partial charge in [-0.15, -0.1) is 0 Å². The van der Waals surface area contributed by atoms with E-state index in [2.05, 4.69) is 4.72 Å². The number of benzene rings is 1. The van der Waals surface area contributed by atoms with Gasteiger partial charge in [-0.25, -0.2) is 13.1 Å². The molecule has 0 bridgehead atoms. The Labute approximate surface area is 120 Å². The summed E-state index contributed by atoms with van der Waals surface area (Å²) < 4.78 is 32.1. The highest BCUT2D eigenvalue weighted by Crippen LogP contribution is 2.22. The molecule has 6 nitrogen and oxygen atoms in total. The molecule has 0 heterocycles. The van der Waals surface area contributed by atoms with Crippen molar-refractivity contribution in [3.63, 3.8) is 0 Å². The highest BCUT2D eigenvalue weighted by atomic mass is 32.2. The summed E-state index contributed by atoms with van der Waals surface area (Å²) in [6.07, 6.45) is 0.265. The van der Waals surface area contributed by atoms with Crippen molar-refractivity contribution in [2.75, 3.05) is 40.9 Å². The van der Waals surface area contributed by atoms with Crippen LogP contribution in [-0.4, -0.2) is 59.3 Å². The zero-order valence-corrected chi connectivity index (χ0v) is 12.9. The summed E-state index contributed by atoms with van der Waals surface area (Å²) in [4.78, 5) is 2.08. The molecule has 0 unspecified atom stereocenters. The lowest BCUT2D eigenvalue weighted by atomic mass is 10.1. The van der Waals surface area contributed by atoms with Gasteiger partial charge >= 0.3 is 0 Å². The molecular formula is C13H22N2O4S. The van der Waals surface area contributed by atoms with Crippen molar-refractivity contribution in [1.29, 1.82) is 0 Å². The summed E-state index contributed by atoms with van der Waals surface area (Å²) in [7, 11) is 1.69. The molecule has 0 amide bonds. The lowest BCUT2D eigenvalue weighted by Gasteiger charge is -2.14. The van der Waals surface area contributed by atoms with Gasteiger partial charge in [0, 0.05) is 19.7 Å². The van der Waals surface area contributed by atoms with E-state index in [4.69, 9.17) is 9.84 Å². The molecule has 0 saturated heterocycles. The second-order valence-corrected chi connectivity index (χ2v) is 6.38. The first-order valence-electron chi connectivity index (χ1n) is 6.33. The second kappa shape index (κ2) is 7.58. The largest absolute Gasteiger partial charge is 0.497 e. The van der Waals surface area contributed by atoms with Crippen LogP contribution in [0.1, 0.15) is 5.56 Å². The number of sulfonamides is 1.